The van der Waals surface area contributed by atoms with Gasteiger partial charge in [-0.05, 0) is 26.2 Å². The summed E-state index contributed by atoms with van der Waals surface area (Å²) in [6.07, 6.45) is 6.40. The van der Waals surface area contributed by atoms with Gasteiger partial charge in [-0.15, -0.1) is 5.92 Å². The summed E-state index contributed by atoms with van der Waals surface area (Å²) >= 11 is 0. The number of unbranched alkanes of at least 4 members (excludes halogenated alkanes) is 3. The van der Waals surface area contributed by atoms with Crippen LogP contribution in [0.15, 0.2) is 0 Å². The van der Waals surface area contributed by atoms with Crippen molar-refractivity contribution in [3.05, 3.63) is 0 Å². The molecule has 0 atom stereocenters. The predicted octanol–water partition coefficient (Wildman–Crippen LogP) is 3.59. The van der Waals surface area contributed by atoms with Gasteiger partial charge in [0.2, 0.25) is 0 Å². The van der Waals surface area contributed by atoms with Crippen LogP contribution >= 0.6 is 0 Å². The highest BCUT2D eigenvalue weighted by atomic mass is 14.9. The Morgan fingerprint density at radius 1 is 0.933 bits per heavy atom. The van der Waals surface area contributed by atoms with Crippen molar-refractivity contribution < 1.29 is 0 Å². The molecular weight excluding hydrogens is 182 g/mol. The topological polar surface area (TPSA) is 12.0 Å². The van der Waals surface area contributed by atoms with Gasteiger partial charge < -0.3 is 5.32 Å². The fourth-order valence-electron chi connectivity index (χ4n) is 1.35. The van der Waals surface area contributed by atoms with E-state index in [0.29, 0.717) is 6.04 Å². The lowest BCUT2D eigenvalue weighted by Gasteiger charge is -2.02. The summed E-state index contributed by atoms with van der Waals surface area (Å²) < 4.78 is 0. The van der Waals surface area contributed by atoms with Gasteiger partial charge in [0, 0.05) is 12.5 Å². The Morgan fingerprint density at radius 2 is 1.67 bits per heavy atom. The van der Waals surface area contributed by atoms with E-state index in [9.17, 15) is 0 Å². The second-order valence-electron chi connectivity index (χ2n) is 4.88. The third-order valence-electron chi connectivity index (χ3n) is 2.31. The maximum atomic E-state index is 3.29. The van der Waals surface area contributed by atoms with Crippen LogP contribution in [-0.2, 0) is 0 Å². The zero-order valence-corrected chi connectivity index (χ0v) is 10.9. The Morgan fingerprint density at radius 3 is 2.27 bits per heavy atom. The second-order valence-corrected chi connectivity index (χ2v) is 4.88. The molecule has 0 saturated carbocycles. The quantitative estimate of drug-likeness (QED) is 0.499. The summed E-state index contributed by atoms with van der Waals surface area (Å²) in [5.41, 5.74) is 0. The first-order valence-electron chi connectivity index (χ1n) is 6.32. The lowest BCUT2D eigenvalue weighted by atomic mass is 10.0. The molecule has 1 nitrogen and oxygen atoms in total. The second kappa shape index (κ2) is 10.1. The molecule has 0 rings (SSSR count). The highest BCUT2D eigenvalue weighted by molar-refractivity contribution is 5.00. The molecule has 0 saturated heterocycles. The molecule has 15 heavy (non-hydrogen) atoms. The van der Waals surface area contributed by atoms with Crippen LogP contribution < -0.4 is 5.32 Å². The smallest absolute Gasteiger partial charge is 0.0578 e. The largest absolute Gasteiger partial charge is 0.304 e. The molecule has 0 aromatic rings. The minimum Gasteiger partial charge on any atom is -0.304 e. The maximum absolute atomic E-state index is 3.29. The molecule has 1 N–H and O–H groups in total. The molecule has 0 amide bonds. The molecule has 0 aliphatic rings. The molecule has 0 spiro atoms. The maximum Gasteiger partial charge on any atom is 0.0578 e. The van der Waals surface area contributed by atoms with Crippen LogP contribution in [0.25, 0.3) is 0 Å². The summed E-state index contributed by atoms with van der Waals surface area (Å²) in [5.74, 6) is 7.22. The highest BCUT2D eigenvalue weighted by Crippen LogP contribution is 2.08. The Balaban J connectivity index is 3.16. The lowest BCUT2D eigenvalue weighted by Crippen LogP contribution is -2.22. The molecule has 0 aromatic heterocycles. The summed E-state index contributed by atoms with van der Waals surface area (Å²) in [6.45, 7) is 9.71. The Hall–Kier alpha value is -0.480. The summed E-state index contributed by atoms with van der Waals surface area (Å²) in [7, 11) is 0. The fraction of sp³-hybridized carbons (Fsp3) is 0.857. The van der Waals surface area contributed by atoms with Crippen LogP contribution in [0.3, 0.4) is 0 Å². The number of hydrogen-bond donors (Lipinski definition) is 1. The molecule has 0 aliphatic heterocycles. The number of hydrogen-bond acceptors (Lipinski definition) is 1. The van der Waals surface area contributed by atoms with Crippen LogP contribution in [-0.4, -0.2) is 12.6 Å². The van der Waals surface area contributed by atoms with Gasteiger partial charge in [-0.2, -0.15) is 0 Å². The van der Waals surface area contributed by atoms with Gasteiger partial charge in [0.05, 0.1) is 6.54 Å². The summed E-state index contributed by atoms with van der Waals surface area (Å²) in [4.78, 5) is 0. The lowest BCUT2D eigenvalue weighted by molar-refractivity contribution is 0.529. The van der Waals surface area contributed by atoms with Crippen LogP contribution in [0.1, 0.15) is 59.8 Å². The molecule has 0 aromatic carbocycles. The zero-order valence-electron chi connectivity index (χ0n) is 10.9. The van der Waals surface area contributed by atoms with Gasteiger partial charge in [0.1, 0.15) is 0 Å². The van der Waals surface area contributed by atoms with E-state index in [4.69, 9.17) is 0 Å². The van der Waals surface area contributed by atoms with Gasteiger partial charge in [-0.25, -0.2) is 0 Å². The average Bonchev–Trinajstić information content (AvgIpc) is 2.14. The monoisotopic (exact) mass is 209 g/mol. The van der Waals surface area contributed by atoms with Gasteiger partial charge in [0.15, 0.2) is 0 Å². The van der Waals surface area contributed by atoms with E-state index >= 15 is 0 Å². The number of rotatable bonds is 7. The first kappa shape index (κ1) is 14.5. The Labute approximate surface area is 96.0 Å². The molecule has 0 radical (unpaired) electrons. The molecule has 88 valence electrons. The Kier molecular flexibility index (Phi) is 9.73. The van der Waals surface area contributed by atoms with Crippen molar-refractivity contribution in [2.75, 3.05) is 6.54 Å². The molecule has 0 bridgehead atoms. The molecule has 1 heteroatoms. The van der Waals surface area contributed by atoms with Crippen molar-refractivity contribution in [1.29, 1.82) is 0 Å². The normalized spacial score (nSPS) is 10.5. The summed E-state index contributed by atoms with van der Waals surface area (Å²) in [5, 5.41) is 3.29. The average molecular weight is 209 g/mol. The van der Waals surface area contributed by atoms with Gasteiger partial charge in [0.25, 0.3) is 0 Å². The highest BCUT2D eigenvalue weighted by Gasteiger charge is 1.92. The Bertz CT molecular complexity index is 183. The van der Waals surface area contributed by atoms with Crippen molar-refractivity contribution in [3.8, 4) is 11.8 Å². The van der Waals surface area contributed by atoms with Crippen molar-refractivity contribution in [3.63, 3.8) is 0 Å². The van der Waals surface area contributed by atoms with E-state index in [2.05, 4.69) is 44.9 Å². The third kappa shape index (κ3) is 13.5. The zero-order chi connectivity index (χ0) is 11.5. The van der Waals surface area contributed by atoms with Crippen LogP contribution in [0.5, 0.6) is 0 Å². The SMILES string of the molecule is CC(C)CCCCCC#CCNC(C)C. The van der Waals surface area contributed by atoms with Crippen molar-refractivity contribution in [2.24, 2.45) is 5.92 Å². The number of nitrogens with one attached hydrogen (secondary N) is 1. The first-order valence-corrected chi connectivity index (χ1v) is 6.32. The van der Waals surface area contributed by atoms with E-state index in [1.165, 1.54) is 25.7 Å². The van der Waals surface area contributed by atoms with Crippen LogP contribution in [0, 0.1) is 17.8 Å². The van der Waals surface area contributed by atoms with E-state index in [0.717, 1.165) is 18.9 Å². The molecule has 0 unspecified atom stereocenters. The van der Waals surface area contributed by atoms with E-state index in [-0.39, 0.29) is 0 Å². The van der Waals surface area contributed by atoms with Crippen molar-refractivity contribution in [1.82, 2.24) is 5.32 Å². The van der Waals surface area contributed by atoms with E-state index in [1.807, 2.05) is 0 Å². The first-order chi connectivity index (χ1) is 7.13. The van der Waals surface area contributed by atoms with Crippen molar-refractivity contribution in [2.45, 2.75) is 65.8 Å². The van der Waals surface area contributed by atoms with Crippen molar-refractivity contribution >= 4 is 0 Å². The van der Waals surface area contributed by atoms with Gasteiger partial charge >= 0.3 is 0 Å². The third-order valence-corrected chi connectivity index (χ3v) is 2.31. The van der Waals surface area contributed by atoms with Crippen LogP contribution in [0.4, 0.5) is 0 Å². The molecular formula is C14H27N. The summed E-state index contributed by atoms with van der Waals surface area (Å²) in [6, 6.07) is 0.547. The van der Waals surface area contributed by atoms with Gasteiger partial charge in [-0.3, -0.25) is 0 Å². The minimum atomic E-state index is 0.547. The molecule has 0 fully saturated rings. The molecule has 0 aliphatic carbocycles. The van der Waals surface area contributed by atoms with E-state index < -0.39 is 0 Å². The molecule has 0 heterocycles. The van der Waals surface area contributed by atoms with Gasteiger partial charge in [-0.1, -0.05) is 39.0 Å². The van der Waals surface area contributed by atoms with Crippen LogP contribution in [0.2, 0.25) is 0 Å². The predicted molar refractivity (Wildman–Crippen MR) is 68.8 cm³/mol. The fourth-order valence-corrected chi connectivity index (χ4v) is 1.35. The minimum absolute atomic E-state index is 0.547. The standard InChI is InChI=1S/C14H27N/c1-13(2)11-9-7-5-6-8-10-12-15-14(3)4/h13-15H,5-7,9,11-12H2,1-4H3. The van der Waals surface area contributed by atoms with E-state index in [1.54, 1.807) is 0 Å².